The van der Waals surface area contributed by atoms with Crippen LogP contribution >= 0.6 is 0 Å². The number of hydrogen-bond acceptors (Lipinski definition) is 2. The fourth-order valence-electron chi connectivity index (χ4n) is 3.81. The SMILES string of the molecule is CCCCCN(C)C1C(C)CC(C)CC1NCC. The van der Waals surface area contributed by atoms with Gasteiger partial charge in [-0.1, -0.05) is 40.5 Å². The molecule has 0 aromatic carbocycles. The van der Waals surface area contributed by atoms with Crippen LogP contribution in [0.3, 0.4) is 0 Å². The molecule has 0 amide bonds. The summed E-state index contributed by atoms with van der Waals surface area (Å²) in [5, 5.41) is 3.73. The highest BCUT2D eigenvalue weighted by Crippen LogP contribution is 2.32. The lowest BCUT2D eigenvalue weighted by atomic mass is 9.76. The van der Waals surface area contributed by atoms with Crippen LogP contribution in [0.2, 0.25) is 0 Å². The van der Waals surface area contributed by atoms with Crippen LogP contribution in [0.4, 0.5) is 0 Å². The second-order valence-electron chi connectivity index (χ2n) is 6.40. The van der Waals surface area contributed by atoms with Crippen molar-refractivity contribution in [2.24, 2.45) is 11.8 Å². The number of rotatable bonds is 7. The van der Waals surface area contributed by atoms with Crippen LogP contribution in [-0.2, 0) is 0 Å². The van der Waals surface area contributed by atoms with Crippen molar-refractivity contribution >= 4 is 0 Å². The molecule has 2 nitrogen and oxygen atoms in total. The fourth-order valence-corrected chi connectivity index (χ4v) is 3.81. The smallest absolute Gasteiger partial charge is 0.0272 e. The molecule has 1 fully saturated rings. The van der Waals surface area contributed by atoms with Gasteiger partial charge >= 0.3 is 0 Å². The van der Waals surface area contributed by atoms with E-state index in [1.165, 1.54) is 38.6 Å². The summed E-state index contributed by atoms with van der Waals surface area (Å²) in [5.41, 5.74) is 0. The van der Waals surface area contributed by atoms with E-state index in [0.29, 0.717) is 6.04 Å². The number of likely N-dealkylation sites (N-methyl/N-ethyl adjacent to an activating group) is 2. The fraction of sp³-hybridized carbons (Fsp3) is 1.00. The first-order valence-corrected chi connectivity index (χ1v) is 8.03. The Balaban J connectivity index is 2.56. The van der Waals surface area contributed by atoms with E-state index in [2.05, 4.69) is 45.0 Å². The van der Waals surface area contributed by atoms with Crippen molar-refractivity contribution in [1.29, 1.82) is 0 Å². The molecular formula is C16H34N2. The lowest BCUT2D eigenvalue weighted by Crippen LogP contribution is -2.55. The van der Waals surface area contributed by atoms with Gasteiger partial charge in [0.2, 0.25) is 0 Å². The molecule has 1 N–H and O–H groups in total. The average molecular weight is 254 g/mol. The third kappa shape index (κ3) is 4.55. The number of hydrogen-bond donors (Lipinski definition) is 1. The van der Waals surface area contributed by atoms with Crippen LogP contribution in [0, 0.1) is 11.8 Å². The summed E-state index contributed by atoms with van der Waals surface area (Å²) in [5.74, 6) is 1.70. The van der Waals surface area contributed by atoms with E-state index in [1.807, 2.05) is 0 Å². The molecule has 0 spiro atoms. The lowest BCUT2D eigenvalue weighted by Gasteiger charge is -2.45. The van der Waals surface area contributed by atoms with Gasteiger partial charge in [0, 0.05) is 12.1 Å². The second kappa shape index (κ2) is 8.16. The minimum atomic E-state index is 0.695. The van der Waals surface area contributed by atoms with Crippen LogP contribution < -0.4 is 5.32 Å². The standard InChI is InChI=1S/C16H34N2/c1-6-8-9-10-18(5)16-14(4)11-13(3)12-15(16)17-7-2/h13-17H,6-12H2,1-5H3. The zero-order valence-corrected chi connectivity index (χ0v) is 13.2. The van der Waals surface area contributed by atoms with Gasteiger partial charge < -0.3 is 10.2 Å². The molecule has 108 valence electrons. The summed E-state index contributed by atoms with van der Waals surface area (Å²) < 4.78 is 0. The maximum Gasteiger partial charge on any atom is 0.0272 e. The first-order valence-electron chi connectivity index (χ1n) is 8.03. The lowest BCUT2D eigenvalue weighted by molar-refractivity contribution is 0.0798. The molecule has 0 radical (unpaired) electrons. The van der Waals surface area contributed by atoms with Crippen LogP contribution in [0.25, 0.3) is 0 Å². The van der Waals surface area contributed by atoms with E-state index >= 15 is 0 Å². The van der Waals surface area contributed by atoms with Gasteiger partial charge in [0.25, 0.3) is 0 Å². The maximum atomic E-state index is 3.73. The van der Waals surface area contributed by atoms with Crippen LogP contribution in [0.1, 0.15) is 59.8 Å². The number of nitrogens with one attached hydrogen (secondary N) is 1. The quantitative estimate of drug-likeness (QED) is 0.699. The van der Waals surface area contributed by atoms with Gasteiger partial charge in [-0.3, -0.25) is 0 Å². The van der Waals surface area contributed by atoms with Crippen molar-refractivity contribution < 1.29 is 0 Å². The van der Waals surface area contributed by atoms with Gasteiger partial charge in [-0.05, 0) is 51.2 Å². The Kier molecular flexibility index (Phi) is 7.25. The molecule has 18 heavy (non-hydrogen) atoms. The van der Waals surface area contributed by atoms with E-state index in [0.717, 1.165) is 24.4 Å². The summed E-state index contributed by atoms with van der Waals surface area (Å²) in [6.07, 6.45) is 6.78. The third-order valence-corrected chi connectivity index (χ3v) is 4.52. The molecule has 0 aromatic rings. The molecule has 1 rings (SSSR count). The Hall–Kier alpha value is -0.0800. The molecular weight excluding hydrogens is 220 g/mol. The van der Waals surface area contributed by atoms with Gasteiger partial charge in [0.05, 0.1) is 0 Å². The average Bonchev–Trinajstić information content (AvgIpc) is 2.28. The van der Waals surface area contributed by atoms with Gasteiger partial charge in [0.15, 0.2) is 0 Å². The summed E-state index contributed by atoms with van der Waals surface area (Å²) in [6, 6.07) is 1.43. The first-order chi connectivity index (χ1) is 8.60. The summed E-state index contributed by atoms with van der Waals surface area (Å²) in [7, 11) is 2.33. The molecule has 2 heteroatoms. The van der Waals surface area contributed by atoms with Crippen molar-refractivity contribution in [2.45, 2.75) is 71.9 Å². The second-order valence-corrected chi connectivity index (χ2v) is 6.40. The predicted molar refractivity (Wildman–Crippen MR) is 81.0 cm³/mol. The van der Waals surface area contributed by atoms with Gasteiger partial charge in [-0.25, -0.2) is 0 Å². The van der Waals surface area contributed by atoms with Crippen molar-refractivity contribution in [1.82, 2.24) is 10.2 Å². The number of unbranched alkanes of at least 4 members (excludes halogenated alkanes) is 2. The van der Waals surface area contributed by atoms with Gasteiger partial charge in [0.1, 0.15) is 0 Å². The molecule has 1 saturated carbocycles. The molecule has 4 unspecified atom stereocenters. The largest absolute Gasteiger partial charge is 0.313 e. The summed E-state index contributed by atoms with van der Waals surface area (Å²) in [4.78, 5) is 2.62. The molecule has 1 aliphatic rings. The van der Waals surface area contributed by atoms with Crippen LogP contribution in [-0.4, -0.2) is 37.1 Å². The third-order valence-electron chi connectivity index (χ3n) is 4.52. The molecule has 0 saturated heterocycles. The predicted octanol–water partition coefficient (Wildman–Crippen LogP) is 3.52. The Morgan fingerprint density at radius 3 is 2.44 bits per heavy atom. The Bertz CT molecular complexity index is 217. The van der Waals surface area contributed by atoms with E-state index in [1.54, 1.807) is 0 Å². The highest BCUT2D eigenvalue weighted by Gasteiger charge is 2.35. The van der Waals surface area contributed by atoms with Crippen molar-refractivity contribution in [3.63, 3.8) is 0 Å². The minimum absolute atomic E-state index is 0.695. The summed E-state index contributed by atoms with van der Waals surface area (Å²) >= 11 is 0. The van der Waals surface area contributed by atoms with E-state index in [-0.39, 0.29) is 0 Å². The van der Waals surface area contributed by atoms with Crippen molar-refractivity contribution in [3.05, 3.63) is 0 Å². The molecule has 1 aliphatic carbocycles. The molecule has 4 atom stereocenters. The maximum absolute atomic E-state index is 3.73. The van der Waals surface area contributed by atoms with Crippen LogP contribution in [0.15, 0.2) is 0 Å². The van der Waals surface area contributed by atoms with Gasteiger partial charge in [-0.2, -0.15) is 0 Å². The normalized spacial score (nSPS) is 33.0. The van der Waals surface area contributed by atoms with E-state index in [4.69, 9.17) is 0 Å². The molecule has 0 aliphatic heterocycles. The van der Waals surface area contributed by atoms with Crippen molar-refractivity contribution in [2.75, 3.05) is 20.1 Å². The first kappa shape index (κ1) is 16.0. The number of nitrogens with zero attached hydrogens (tertiary/aromatic N) is 1. The molecule has 0 aromatic heterocycles. The Morgan fingerprint density at radius 1 is 1.11 bits per heavy atom. The zero-order valence-electron chi connectivity index (χ0n) is 13.2. The van der Waals surface area contributed by atoms with Crippen LogP contribution in [0.5, 0.6) is 0 Å². The highest BCUT2D eigenvalue weighted by molar-refractivity contribution is 4.92. The topological polar surface area (TPSA) is 15.3 Å². The van der Waals surface area contributed by atoms with E-state index < -0.39 is 0 Å². The Morgan fingerprint density at radius 2 is 1.83 bits per heavy atom. The van der Waals surface area contributed by atoms with Crippen molar-refractivity contribution in [3.8, 4) is 0 Å². The zero-order chi connectivity index (χ0) is 13.5. The molecule has 0 bridgehead atoms. The highest BCUT2D eigenvalue weighted by atomic mass is 15.2. The van der Waals surface area contributed by atoms with E-state index in [9.17, 15) is 0 Å². The summed E-state index contributed by atoms with van der Waals surface area (Å²) in [6.45, 7) is 11.7. The Labute approximate surface area is 115 Å². The van der Waals surface area contributed by atoms with Gasteiger partial charge in [-0.15, -0.1) is 0 Å². The monoisotopic (exact) mass is 254 g/mol. The minimum Gasteiger partial charge on any atom is -0.313 e. The molecule has 0 heterocycles.